The van der Waals surface area contributed by atoms with Crippen molar-refractivity contribution >= 4 is 10.1 Å². The summed E-state index contributed by atoms with van der Waals surface area (Å²) in [4.78, 5) is 0.388. The SMILES string of the molecule is CC(C)c1cc(C(C)C)c(S(=O)(=O)O[I-](c2ccccc2)(C(C)(C)C)C(C)(C)C)c(C(C)C)c1. The third-order valence-electron chi connectivity index (χ3n) is 6.14. The summed E-state index contributed by atoms with van der Waals surface area (Å²) in [6.45, 7) is 25.5. The van der Waals surface area contributed by atoms with Crippen LogP contribution in [0.25, 0.3) is 0 Å². The average Bonchev–Trinajstić information content (AvgIpc) is 2.69. The molecular weight excluding hydrogens is 555 g/mol. The van der Waals surface area contributed by atoms with Crippen molar-refractivity contribution in [3.05, 3.63) is 62.7 Å². The molecule has 0 fully saturated rings. The summed E-state index contributed by atoms with van der Waals surface area (Å²) in [5.41, 5.74) is 2.90. The minimum atomic E-state index is -4.05. The summed E-state index contributed by atoms with van der Waals surface area (Å²) >= 11 is -3.74. The van der Waals surface area contributed by atoms with E-state index in [-0.39, 0.29) is 18.7 Å². The normalized spacial score (nSPS) is 14.3. The fraction of sp³-hybridized carbons (Fsp3) is 0.586. The van der Waals surface area contributed by atoms with Crippen LogP contribution in [0, 0.1) is 3.57 Å². The van der Waals surface area contributed by atoms with E-state index in [2.05, 4.69) is 107 Å². The van der Waals surface area contributed by atoms with Crippen molar-refractivity contribution in [2.75, 3.05) is 0 Å². The van der Waals surface area contributed by atoms with Crippen LogP contribution in [0.1, 0.15) is 118 Å². The second-order valence-corrected chi connectivity index (χ2v) is 25.1. The Morgan fingerprint density at radius 3 is 1.44 bits per heavy atom. The van der Waals surface area contributed by atoms with Gasteiger partial charge >= 0.3 is 215 Å². The van der Waals surface area contributed by atoms with E-state index in [4.69, 9.17) is 2.51 Å². The van der Waals surface area contributed by atoms with E-state index in [1.807, 2.05) is 18.2 Å². The van der Waals surface area contributed by atoms with Gasteiger partial charge < -0.3 is 0 Å². The van der Waals surface area contributed by atoms with Gasteiger partial charge in [-0.15, -0.1) is 0 Å². The zero-order valence-electron chi connectivity index (χ0n) is 23.3. The zero-order chi connectivity index (χ0) is 26.3. The van der Waals surface area contributed by atoms with Gasteiger partial charge in [-0.2, -0.15) is 0 Å². The van der Waals surface area contributed by atoms with Crippen LogP contribution >= 0.6 is 0 Å². The summed E-state index contributed by atoms with van der Waals surface area (Å²) in [5, 5.41) is 0. The van der Waals surface area contributed by atoms with E-state index in [1.165, 1.54) is 5.56 Å². The molecule has 2 rings (SSSR count). The molecule has 0 radical (unpaired) electrons. The molecule has 194 valence electrons. The van der Waals surface area contributed by atoms with E-state index in [1.54, 1.807) is 0 Å². The molecule has 0 atom stereocenters. The molecular formula is C29H46IO3S-. The Morgan fingerprint density at radius 2 is 1.12 bits per heavy atom. The molecule has 0 saturated heterocycles. The van der Waals surface area contributed by atoms with Crippen LogP contribution < -0.4 is 18.8 Å². The molecule has 0 heterocycles. The molecule has 0 spiro atoms. The third kappa shape index (κ3) is 5.57. The van der Waals surface area contributed by atoms with Crippen LogP contribution in [0.15, 0.2) is 47.4 Å². The molecule has 0 amide bonds. The van der Waals surface area contributed by atoms with Gasteiger partial charge in [0.1, 0.15) is 0 Å². The van der Waals surface area contributed by atoms with Gasteiger partial charge in [0.15, 0.2) is 0 Å². The minimum absolute atomic E-state index is 0.0616. The maximum atomic E-state index is 14.5. The molecule has 0 aromatic heterocycles. The van der Waals surface area contributed by atoms with Gasteiger partial charge in [0.2, 0.25) is 0 Å². The van der Waals surface area contributed by atoms with Crippen LogP contribution in [-0.4, -0.2) is 15.3 Å². The molecule has 2 aromatic carbocycles. The fourth-order valence-corrected chi connectivity index (χ4v) is 23.1. The Balaban J connectivity index is 2.95. The number of alkyl halides is 2. The van der Waals surface area contributed by atoms with Gasteiger partial charge in [-0.05, 0) is 0 Å². The quantitative estimate of drug-likeness (QED) is 0.320. The Morgan fingerprint density at radius 1 is 0.706 bits per heavy atom. The predicted octanol–water partition coefficient (Wildman–Crippen LogP) is 5.30. The topological polar surface area (TPSA) is 43.4 Å². The molecule has 3 nitrogen and oxygen atoms in total. The number of benzene rings is 2. The Hall–Kier alpha value is -0.920. The van der Waals surface area contributed by atoms with Crippen LogP contribution in [0.5, 0.6) is 0 Å². The summed E-state index contributed by atoms with van der Waals surface area (Å²) in [7, 11) is -4.05. The van der Waals surface area contributed by atoms with Crippen LogP contribution in [-0.2, 0) is 12.6 Å². The molecule has 0 aliphatic carbocycles. The second kappa shape index (κ2) is 10.2. The molecule has 0 saturated carbocycles. The van der Waals surface area contributed by atoms with E-state index < -0.39 is 29.0 Å². The Bertz CT molecular complexity index is 1040. The number of hydrogen-bond acceptors (Lipinski definition) is 3. The first-order valence-corrected chi connectivity index (χ1v) is 17.8. The van der Waals surface area contributed by atoms with Gasteiger partial charge in [-0.3, -0.25) is 0 Å². The van der Waals surface area contributed by atoms with Crippen molar-refractivity contribution in [3.63, 3.8) is 0 Å². The first kappa shape index (κ1) is 29.3. The fourth-order valence-electron chi connectivity index (χ4n) is 4.66. The van der Waals surface area contributed by atoms with Crippen molar-refractivity contribution in [2.24, 2.45) is 0 Å². The van der Waals surface area contributed by atoms with Crippen LogP contribution in [0.3, 0.4) is 0 Å². The molecule has 0 aliphatic rings. The molecule has 0 aliphatic heterocycles. The van der Waals surface area contributed by atoms with Gasteiger partial charge in [0.05, 0.1) is 0 Å². The Kier molecular flexibility index (Phi) is 8.81. The molecule has 2 aromatic rings. The van der Waals surface area contributed by atoms with Crippen LogP contribution in [0.4, 0.5) is 0 Å². The number of hydrogen-bond donors (Lipinski definition) is 0. The Labute approximate surface area is 214 Å². The summed E-state index contributed by atoms with van der Waals surface area (Å²) in [6.07, 6.45) is 0. The second-order valence-electron chi connectivity index (χ2n) is 12.0. The van der Waals surface area contributed by atoms with Crippen molar-refractivity contribution < 1.29 is 29.8 Å². The number of rotatable bonds is 7. The van der Waals surface area contributed by atoms with Crippen molar-refractivity contribution in [1.82, 2.24) is 0 Å². The zero-order valence-corrected chi connectivity index (χ0v) is 26.3. The molecule has 5 heteroatoms. The third-order valence-corrected chi connectivity index (χ3v) is 22.1. The molecule has 34 heavy (non-hydrogen) atoms. The summed E-state index contributed by atoms with van der Waals surface area (Å²) < 4.78 is 36.1. The van der Waals surface area contributed by atoms with Gasteiger partial charge in [0.25, 0.3) is 0 Å². The first-order chi connectivity index (χ1) is 15.4. The van der Waals surface area contributed by atoms with Crippen LogP contribution in [0.2, 0.25) is 0 Å². The van der Waals surface area contributed by atoms with Gasteiger partial charge in [0, 0.05) is 0 Å². The van der Waals surface area contributed by atoms with Gasteiger partial charge in [-0.25, -0.2) is 0 Å². The van der Waals surface area contributed by atoms with E-state index in [9.17, 15) is 8.42 Å². The number of halogens is 1. The average molecular weight is 602 g/mol. The predicted molar refractivity (Wildman–Crippen MR) is 142 cm³/mol. The summed E-state index contributed by atoms with van der Waals surface area (Å²) in [5.74, 6) is 0.440. The maximum absolute atomic E-state index is 14.5. The standard InChI is InChI=1S/C29H46IO3S/c1-20(2)23-18-25(21(3)4)27(26(19-23)22(5)6)34(31,32)33-30(28(7,8)9,29(10,11)12)24-16-14-13-15-17-24/h13-22H,1-12H3/q-1. The van der Waals surface area contributed by atoms with Crippen molar-refractivity contribution in [2.45, 2.75) is 113 Å². The van der Waals surface area contributed by atoms with E-state index in [0.29, 0.717) is 10.8 Å². The molecule has 0 bridgehead atoms. The van der Waals surface area contributed by atoms with Gasteiger partial charge in [-0.1, -0.05) is 0 Å². The molecule has 0 N–H and O–H groups in total. The summed E-state index contributed by atoms with van der Waals surface area (Å²) in [6, 6.07) is 14.3. The monoisotopic (exact) mass is 601 g/mol. The van der Waals surface area contributed by atoms with Crippen molar-refractivity contribution in [1.29, 1.82) is 0 Å². The molecule has 0 unspecified atom stereocenters. The van der Waals surface area contributed by atoms with E-state index >= 15 is 0 Å². The van der Waals surface area contributed by atoms with E-state index in [0.717, 1.165) is 14.7 Å². The first-order valence-electron chi connectivity index (χ1n) is 12.3. The van der Waals surface area contributed by atoms with Crippen molar-refractivity contribution in [3.8, 4) is 0 Å².